The molecule has 0 atom stereocenters. The Morgan fingerprint density at radius 1 is 0.848 bits per heavy atom. The van der Waals surface area contributed by atoms with Gasteiger partial charge >= 0.3 is 0 Å². The lowest BCUT2D eigenvalue weighted by atomic mass is 10.1. The van der Waals surface area contributed by atoms with E-state index in [4.69, 9.17) is 9.47 Å². The van der Waals surface area contributed by atoms with Gasteiger partial charge in [-0.3, -0.25) is 14.0 Å². The first-order chi connectivity index (χ1) is 15.9. The lowest BCUT2D eigenvalue weighted by Crippen LogP contribution is -2.08. The van der Waals surface area contributed by atoms with Crippen molar-refractivity contribution in [1.82, 2.24) is 9.38 Å². The van der Waals surface area contributed by atoms with Gasteiger partial charge in [-0.05, 0) is 42.0 Å². The van der Waals surface area contributed by atoms with Crippen LogP contribution in [0.3, 0.4) is 0 Å². The maximum atomic E-state index is 11.9. The quantitative estimate of drug-likeness (QED) is 0.453. The molecule has 2 aromatic carbocycles. The molecular formula is C25H24N4O4. The molecule has 0 saturated heterocycles. The maximum Gasteiger partial charge on any atom is 0.221 e. The Hall–Kier alpha value is -4.33. The molecule has 2 heterocycles. The summed E-state index contributed by atoms with van der Waals surface area (Å²) in [5.74, 6) is 0.888. The fraction of sp³-hybridized carbons (Fsp3) is 0.160. The number of benzene rings is 2. The molecular weight excluding hydrogens is 420 g/mol. The molecule has 33 heavy (non-hydrogen) atoms. The van der Waals surface area contributed by atoms with Crippen LogP contribution < -0.4 is 20.1 Å². The van der Waals surface area contributed by atoms with Crippen molar-refractivity contribution in [3.8, 4) is 33.9 Å². The summed E-state index contributed by atoms with van der Waals surface area (Å²) < 4.78 is 12.7. The number of carbonyl (C=O) groups excluding carboxylic acids is 2. The van der Waals surface area contributed by atoms with E-state index < -0.39 is 0 Å². The highest BCUT2D eigenvalue weighted by Gasteiger charge is 2.15. The molecule has 0 spiro atoms. The predicted octanol–water partition coefficient (Wildman–Crippen LogP) is 4.60. The molecule has 2 N–H and O–H groups in total. The number of methoxy groups -OCH3 is 2. The van der Waals surface area contributed by atoms with Crippen LogP contribution in [-0.4, -0.2) is 35.4 Å². The third kappa shape index (κ3) is 4.50. The molecule has 0 saturated carbocycles. The Bertz CT molecular complexity index is 1360. The zero-order valence-corrected chi connectivity index (χ0v) is 18.8. The van der Waals surface area contributed by atoms with E-state index in [0.717, 1.165) is 22.4 Å². The Morgan fingerprint density at radius 2 is 1.61 bits per heavy atom. The molecule has 4 aromatic rings. The summed E-state index contributed by atoms with van der Waals surface area (Å²) in [6.07, 6.45) is 3.70. The Balaban J connectivity index is 1.90. The summed E-state index contributed by atoms with van der Waals surface area (Å²) in [6, 6.07) is 15.0. The number of fused-ring (bicyclic) bond motifs is 1. The third-order valence-electron chi connectivity index (χ3n) is 5.11. The number of pyridine rings is 1. The molecule has 8 heteroatoms. The van der Waals surface area contributed by atoms with Crippen LogP contribution in [0.5, 0.6) is 11.5 Å². The molecule has 0 unspecified atom stereocenters. The fourth-order valence-electron chi connectivity index (χ4n) is 3.72. The first-order valence-electron chi connectivity index (χ1n) is 10.3. The predicted molar refractivity (Wildman–Crippen MR) is 128 cm³/mol. The van der Waals surface area contributed by atoms with Gasteiger partial charge in [0.15, 0.2) is 17.1 Å². The van der Waals surface area contributed by atoms with Gasteiger partial charge in [-0.1, -0.05) is 12.1 Å². The van der Waals surface area contributed by atoms with Gasteiger partial charge in [0, 0.05) is 36.9 Å². The summed E-state index contributed by atoms with van der Waals surface area (Å²) in [7, 11) is 3.18. The number of imidazole rings is 1. The summed E-state index contributed by atoms with van der Waals surface area (Å²) in [6.45, 7) is 2.92. The van der Waals surface area contributed by atoms with Gasteiger partial charge in [0.1, 0.15) is 0 Å². The summed E-state index contributed by atoms with van der Waals surface area (Å²) in [5, 5.41) is 5.67. The highest BCUT2D eigenvalue weighted by atomic mass is 16.5. The van der Waals surface area contributed by atoms with Gasteiger partial charge in [0.05, 0.1) is 31.8 Å². The van der Waals surface area contributed by atoms with Gasteiger partial charge in [0.25, 0.3) is 0 Å². The third-order valence-corrected chi connectivity index (χ3v) is 5.11. The SMILES string of the molecule is COc1ccc(-c2cnc3c(NC(C)=O)cc(-c4cccc(NC(C)=O)c4)cn23)cc1OC. The second-order valence-corrected chi connectivity index (χ2v) is 7.49. The second-order valence-electron chi connectivity index (χ2n) is 7.49. The van der Waals surface area contributed by atoms with E-state index in [1.807, 2.05) is 59.1 Å². The highest BCUT2D eigenvalue weighted by Crippen LogP contribution is 2.35. The van der Waals surface area contributed by atoms with Gasteiger partial charge in [-0.15, -0.1) is 0 Å². The number of hydrogen-bond donors (Lipinski definition) is 2. The van der Waals surface area contributed by atoms with Crippen molar-refractivity contribution in [3.05, 3.63) is 60.9 Å². The van der Waals surface area contributed by atoms with Gasteiger partial charge in [0.2, 0.25) is 11.8 Å². The maximum absolute atomic E-state index is 11.9. The number of carbonyl (C=O) groups is 2. The van der Waals surface area contributed by atoms with Gasteiger partial charge in [-0.25, -0.2) is 4.98 Å². The van der Waals surface area contributed by atoms with Crippen LogP contribution in [0.1, 0.15) is 13.8 Å². The number of aromatic nitrogens is 2. The zero-order chi connectivity index (χ0) is 23.5. The average Bonchev–Trinajstić information content (AvgIpc) is 3.22. The Labute approximate surface area is 191 Å². The average molecular weight is 444 g/mol. The molecule has 168 valence electrons. The first kappa shape index (κ1) is 21.9. The minimum Gasteiger partial charge on any atom is -0.493 e. The van der Waals surface area contributed by atoms with E-state index in [0.29, 0.717) is 28.5 Å². The van der Waals surface area contributed by atoms with Crippen molar-refractivity contribution in [3.63, 3.8) is 0 Å². The second kappa shape index (κ2) is 9.04. The fourth-order valence-corrected chi connectivity index (χ4v) is 3.72. The van der Waals surface area contributed by atoms with Gasteiger partial charge < -0.3 is 20.1 Å². The number of amides is 2. The number of nitrogens with one attached hydrogen (secondary N) is 2. The zero-order valence-electron chi connectivity index (χ0n) is 18.8. The van der Waals surface area contributed by atoms with E-state index in [2.05, 4.69) is 15.6 Å². The number of ether oxygens (including phenoxy) is 2. The standard InChI is InChI=1S/C25H24N4O4/c1-15(30)27-20-7-5-6-17(10-20)19-11-21(28-16(2)31)25-26-13-22(29(25)14-19)18-8-9-23(32-3)24(12-18)33-4/h5-14H,1-4H3,(H,27,30)(H,28,31). The van der Waals surface area contributed by atoms with Crippen molar-refractivity contribution >= 4 is 28.8 Å². The van der Waals surface area contributed by atoms with Gasteiger partial charge in [-0.2, -0.15) is 0 Å². The van der Waals surface area contributed by atoms with Crippen molar-refractivity contribution in [1.29, 1.82) is 0 Å². The summed E-state index contributed by atoms with van der Waals surface area (Å²) in [4.78, 5) is 27.9. The molecule has 0 aliphatic heterocycles. The smallest absolute Gasteiger partial charge is 0.221 e. The molecule has 2 aromatic heterocycles. The number of nitrogens with zero attached hydrogens (tertiary/aromatic N) is 2. The van der Waals surface area contributed by atoms with E-state index in [1.165, 1.54) is 13.8 Å². The van der Waals surface area contributed by atoms with Crippen molar-refractivity contribution in [2.24, 2.45) is 0 Å². The number of rotatable bonds is 6. The van der Waals surface area contributed by atoms with E-state index in [1.54, 1.807) is 20.4 Å². The highest BCUT2D eigenvalue weighted by molar-refractivity contribution is 5.95. The minimum atomic E-state index is -0.197. The van der Waals surface area contributed by atoms with Crippen LogP contribution in [0.2, 0.25) is 0 Å². The Kier molecular flexibility index (Phi) is 5.99. The minimum absolute atomic E-state index is 0.146. The first-order valence-corrected chi connectivity index (χ1v) is 10.3. The molecule has 2 amide bonds. The molecule has 0 fully saturated rings. The van der Waals surface area contributed by atoms with E-state index in [-0.39, 0.29) is 11.8 Å². The molecule has 0 bridgehead atoms. The van der Waals surface area contributed by atoms with Crippen LogP contribution in [-0.2, 0) is 9.59 Å². The van der Waals surface area contributed by atoms with Crippen LogP contribution in [0, 0.1) is 0 Å². The normalized spacial score (nSPS) is 10.7. The van der Waals surface area contributed by atoms with Crippen LogP contribution in [0.25, 0.3) is 28.0 Å². The van der Waals surface area contributed by atoms with Crippen molar-refractivity contribution in [2.45, 2.75) is 13.8 Å². The number of hydrogen-bond acceptors (Lipinski definition) is 5. The van der Waals surface area contributed by atoms with Crippen LogP contribution in [0.4, 0.5) is 11.4 Å². The van der Waals surface area contributed by atoms with Crippen molar-refractivity contribution < 1.29 is 19.1 Å². The van der Waals surface area contributed by atoms with E-state index in [9.17, 15) is 9.59 Å². The molecule has 8 nitrogen and oxygen atoms in total. The van der Waals surface area contributed by atoms with E-state index >= 15 is 0 Å². The van der Waals surface area contributed by atoms with Crippen molar-refractivity contribution in [2.75, 3.05) is 24.9 Å². The lowest BCUT2D eigenvalue weighted by molar-refractivity contribution is -0.115. The molecule has 0 aliphatic rings. The molecule has 0 radical (unpaired) electrons. The summed E-state index contributed by atoms with van der Waals surface area (Å²) >= 11 is 0. The Morgan fingerprint density at radius 3 is 2.30 bits per heavy atom. The van der Waals surface area contributed by atoms with Crippen LogP contribution in [0.15, 0.2) is 60.9 Å². The lowest BCUT2D eigenvalue weighted by Gasteiger charge is -2.13. The topological polar surface area (TPSA) is 94.0 Å². The monoisotopic (exact) mass is 444 g/mol. The van der Waals surface area contributed by atoms with Crippen LogP contribution >= 0.6 is 0 Å². The molecule has 0 aliphatic carbocycles. The number of anilines is 2. The molecule has 4 rings (SSSR count). The largest absolute Gasteiger partial charge is 0.493 e. The summed E-state index contributed by atoms with van der Waals surface area (Å²) in [5.41, 5.74) is 5.29.